The van der Waals surface area contributed by atoms with Crippen molar-refractivity contribution in [2.75, 3.05) is 6.54 Å². The molecule has 112 valence electrons. The quantitative estimate of drug-likeness (QED) is 0.816. The van der Waals surface area contributed by atoms with Gasteiger partial charge in [0.25, 0.3) is 0 Å². The third-order valence-corrected chi connectivity index (χ3v) is 4.36. The molecule has 4 nitrogen and oxygen atoms in total. The van der Waals surface area contributed by atoms with Crippen LogP contribution < -0.4 is 10.5 Å². The molecule has 0 saturated carbocycles. The minimum absolute atomic E-state index is 0.0231. The Morgan fingerprint density at radius 2 is 2.00 bits per heavy atom. The predicted octanol–water partition coefficient (Wildman–Crippen LogP) is 2.17. The first-order valence-electron chi connectivity index (χ1n) is 6.12. The number of nitrogens with two attached hydrogens (primary N) is 1. The van der Waals surface area contributed by atoms with Crippen molar-refractivity contribution in [3.05, 3.63) is 29.6 Å². The van der Waals surface area contributed by atoms with Crippen LogP contribution in [-0.2, 0) is 10.0 Å². The first kappa shape index (κ1) is 17.0. The zero-order valence-electron chi connectivity index (χ0n) is 11.7. The van der Waals surface area contributed by atoms with Gasteiger partial charge in [0.1, 0.15) is 10.8 Å². The normalized spacial score (nSPS) is 12.4. The number of hydrogen-bond acceptors (Lipinski definition) is 3. The molecule has 1 aromatic rings. The predicted molar refractivity (Wildman–Crippen MR) is 81.5 cm³/mol. The van der Waals surface area contributed by atoms with Crippen molar-refractivity contribution in [1.82, 2.24) is 4.72 Å². The molecule has 3 N–H and O–H groups in total. The standard InChI is InChI=1S/C13H19FN2O2S2/c1-13(2,3)6-7-16-20(17,18)9-4-5-11(14)10(8-9)12(15)19/h4-5,8,16H,6-7H2,1-3H3,(H2,15,19). The van der Waals surface area contributed by atoms with Gasteiger partial charge in [0.05, 0.1) is 4.90 Å². The molecule has 0 radical (unpaired) electrons. The van der Waals surface area contributed by atoms with Gasteiger partial charge in [-0.15, -0.1) is 0 Å². The molecule has 0 aliphatic heterocycles. The van der Waals surface area contributed by atoms with Crippen LogP contribution in [0.5, 0.6) is 0 Å². The topological polar surface area (TPSA) is 72.2 Å². The van der Waals surface area contributed by atoms with Crippen molar-refractivity contribution in [3.63, 3.8) is 0 Å². The van der Waals surface area contributed by atoms with Crippen LogP contribution in [0.1, 0.15) is 32.8 Å². The summed E-state index contributed by atoms with van der Waals surface area (Å²) in [6.45, 7) is 6.37. The van der Waals surface area contributed by atoms with Gasteiger partial charge in [0, 0.05) is 12.1 Å². The first-order chi connectivity index (χ1) is 9.03. The number of nitrogens with one attached hydrogen (secondary N) is 1. The summed E-state index contributed by atoms with van der Waals surface area (Å²) in [6, 6.07) is 3.39. The summed E-state index contributed by atoms with van der Waals surface area (Å²) in [5, 5.41) is 0. The van der Waals surface area contributed by atoms with Crippen LogP contribution in [0.25, 0.3) is 0 Å². The second kappa shape index (κ2) is 6.15. The molecule has 0 heterocycles. The molecule has 0 bridgehead atoms. The van der Waals surface area contributed by atoms with Gasteiger partial charge in [0.2, 0.25) is 10.0 Å². The first-order valence-corrected chi connectivity index (χ1v) is 8.01. The molecule has 0 aromatic heterocycles. The van der Waals surface area contributed by atoms with E-state index in [0.717, 1.165) is 12.1 Å². The highest BCUT2D eigenvalue weighted by atomic mass is 32.2. The molecule has 0 aliphatic carbocycles. The third-order valence-electron chi connectivity index (χ3n) is 2.68. The minimum atomic E-state index is -3.69. The van der Waals surface area contributed by atoms with Gasteiger partial charge in [-0.05, 0) is 30.0 Å². The fourth-order valence-corrected chi connectivity index (χ4v) is 2.72. The smallest absolute Gasteiger partial charge is 0.240 e. The second-order valence-corrected chi connectivity index (χ2v) is 7.92. The molecule has 1 rings (SSSR count). The second-order valence-electron chi connectivity index (χ2n) is 5.71. The average molecular weight is 318 g/mol. The number of hydrogen-bond donors (Lipinski definition) is 2. The van der Waals surface area contributed by atoms with Crippen molar-refractivity contribution >= 4 is 27.2 Å². The van der Waals surface area contributed by atoms with E-state index >= 15 is 0 Å². The Kier molecular flexibility index (Phi) is 5.23. The van der Waals surface area contributed by atoms with Gasteiger partial charge in [-0.25, -0.2) is 17.5 Å². The molecule has 0 atom stereocenters. The van der Waals surface area contributed by atoms with E-state index < -0.39 is 15.8 Å². The summed E-state index contributed by atoms with van der Waals surface area (Å²) in [7, 11) is -3.69. The third kappa shape index (κ3) is 4.81. The van der Waals surface area contributed by atoms with E-state index in [1.54, 1.807) is 0 Å². The van der Waals surface area contributed by atoms with E-state index in [1.165, 1.54) is 6.07 Å². The highest BCUT2D eigenvalue weighted by Gasteiger charge is 2.18. The van der Waals surface area contributed by atoms with Crippen molar-refractivity contribution < 1.29 is 12.8 Å². The highest BCUT2D eigenvalue weighted by Crippen LogP contribution is 2.19. The molecule has 0 unspecified atom stereocenters. The lowest BCUT2D eigenvalue weighted by atomic mass is 9.93. The Morgan fingerprint density at radius 3 is 2.50 bits per heavy atom. The number of rotatable bonds is 5. The fourth-order valence-electron chi connectivity index (χ4n) is 1.50. The lowest BCUT2D eigenvalue weighted by Crippen LogP contribution is -2.28. The van der Waals surface area contributed by atoms with Crippen molar-refractivity contribution in [2.45, 2.75) is 32.1 Å². The highest BCUT2D eigenvalue weighted by molar-refractivity contribution is 7.89. The Balaban J connectivity index is 2.93. The summed E-state index contributed by atoms with van der Waals surface area (Å²) in [5.41, 5.74) is 5.31. The minimum Gasteiger partial charge on any atom is -0.389 e. The lowest BCUT2D eigenvalue weighted by Gasteiger charge is -2.18. The van der Waals surface area contributed by atoms with Crippen LogP contribution in [0.3, 0.4) is 0 Å². The summed E-state index contributed by atoms with van der Waals surface area (Å²) < 4.78 is 40.1. The summed E-state index contributed by atoms with van der Waals surface area (Å²) in [6.07, 6.45) is 0.690. The van der Waals surface area contributed by atoms with Crippen molar-refractivity contribution in [3.8, 4) is 0 Å². The van der Waals surface area contributed by atoms with Crippen molar-refractivity contribution in [2.24, 2.45) is 11.1 Å². The summed E-state index contributed by atoms with van der Waals surface area (Å²) >= 11 is 4.69. The van der Waals surface area contributed by atoms with Gasteiger partial charge in [-0.2, -0.15) is 0 Å². The number of halogens is 1. The van der Waals surface area contributed by atoms with Gasteiger partial charge >= 0.3 is 0 Å². The van der Waals surface area contributed by atoms with E-state index in [9.17, 15) is 12.8 Å². The molecule has 7 heteroatoms. The average Bonchev–Trinajstić information content (AvgIpc) is 2.26. The van der Waals surface area contributed by atoms with Gasteiger partial charge < -0.3 is 5.73 Å². The Bertz CT molecular complexity index is 607. The SMILES string of the molecule is CC(C)(C)CCNS(=O)(=O)c1ccc(F)c(C(N)=S)c1. The van der Waals surface area contributed by atoms with E-state index in [-0.39, 0.29) is 20.9 Å². The van der Waals surface area contributed by atoms with E-state index in [2.05, 4.69) is 4.72 Å². The molecule has 1 aromatic carbocycles. The van der Waals surface area contributed by atoms with Gasteiger partial charge in [-0.1, -0.05) is 33.0 Å². The molecular weight excluding hydrogens is 299 g/mol. The van der Waals surface area contributed by atoms with E-state index in [0.29, 0.717) is 13.0 Å². The van der Waals surface area contributed by atoms with E-state index in [4.69, 9.17) is 18.0 Å². The number of thiocarbonyl (C=S) groups is 1. The maximum Gasteiger partial charge on any atom is 0.240 e. The summed E-state index contributed by atoms with van der Waals surface area (Å²) in [5.74, 6) is -0.633. The lowest BCUT2D eigenvalue weighted by molar-refractivity contribution is 0.378. The Labute approximate surface area is 124 Å². The number of benzene rings is 1. The van der Waals surface area contributed by atoms with Crippen LogP contribution in [0.4, 0.5) is 4.39 Å². The zero-order chi connectivity index (χ0) is 15.6. The van der Waals surface area contributed by atoms with E-state index in [1.807, 2.05) is 20.8 Å². The van der Waals surface area contributed by atoms with Crippen LogP contribution in [-0.4, -0.2) is 20.0 Å². The van der Waals surface area contributed by atoms with Crippen molar-refractivity contribution in [1.29, 1.82) is 0 Å². The molecule has 0 aliphatic rings. The molecule has 0 amide bonds. The fraction of sp³-hybridized carbons (Fsp3) is 0.462. The molecule has 0 spiro atoms. The van der Waals surface area contributed by atoms with Crippen LogP contribution >= 0.6 is 12.2 Å². The van der Waals surface area contributed by atoms with Gasteiger partial charge in [-0.3, -0.25) is 0 Å². The summed E-state index contributed by atoms with van der Waals surface area (Å²) in [4.78, 5) is -0.218. The maximum atomic E-state index is 13.4. The maximum absolute atomic E-state index is 13.4. The monoisotopic (exact) mass is 318 g/mol. The van der Waals surface area contributed by atoms with Crippen LogP contribution in [0, 0.1) is 11.2 Å². The largest absolute Gasteiger partial charge is 0.389 e. The van der Waals surface area contributed by atoms with Gasteiger partial charge in [0.15, 0.2) is 0 Å². The molecule has 20 heavy (non-hydrogen) atoms. The van der Waals surface area contributed by atoms with Crippen LogP contribution in [0.2, 0.25) is 0 Å². The Hall–Kier alpha value is -1.05. The zero-order valence-corrected chi connectivity index (χ0v) is 13.4. The molecule has 0 fully saturated rings. The Morgan fingerprint density at radius 1 is 1.40 bits per heavy atom. The molecule has 0 saturated heterocycles. The van der Waals surface area contributed by atoms with Crippen LogP contribution in [0.15, 0.2) is 23.1 Å². The number of sulfonamides is 1. The molecular formula is C13H19FN2O2S2.